The third kappa shape index (κ3) is 9.78. The Bertz CT molecular complexity index is 277. The van der Waals surface area contributed by atoms with E-state index in [1.165, 1.54) is 0 Å². The van der Waals surface area contributed by atoms with E-state index >= 15 is 0 Å². The first-order chi connectivity index (χ1) is 9.51. The van der Waals surface area contributed by atoms with Gasteiger partial charge in [0.25, 0.3) is 0 Å². The highest BCUT2D eigenvalue weighted by Gasteiger charge is 2.23. The molecule has 0 aliphatic carbocycles. The normalized spacial score (nSPS) is 13.8. The highest BCUT2D eigenvalue weighted by molar-refractivity contribution is 5.69. The Labute approximate surface area is 121 Å². The second-order valence-electron chi connectivity index (χ2n) is 5.21. The number of carbonyl (C=O) groups is 2. The molecule has 0 saturated carbocycles. The third-order valence-corrected chi connectivity index (χ3v) is 3.28. The number of carboxylic acid groups (broad SMARTS) is 1. The Morgan fingerprint density at radius 3 is 2.30 bits per heavy atom. The van der Waals surface area contributed by atoms with Gasteiger partial charge in [0.2, 0.25) is 0 Å². The molecule has 0 amide bonds. The predicted molar refractivity (Wildman–Crippen MR) is 76.4 cm³/mol. The number of carboxylic acids is 1. The monoisotopic (exact) mass is 288 g/mol. The van der Waals surface area contributed by atoms with Crippen LogP contribution in [0.25, 0.3) is 0 Å². The molecule has 20 heavy (non-hydrogen) atoms. The summed E-state index contributed by atoms with van der Waals surface area (Å²) < 4.78 is 5.09. The van der Waals surface area contributed by atoms with Crippen molar-refractivity contribution in [2.24, 2.45) is 5.92 Å². The SMILES string of the molecule is CCCCCC(=O)OCC(CC(=O)O)C(O)CCCC. The van der Waals surface area contributed by atoms with Gasteiger partial charge in [0.1, 0.15) is 0 Å². The average molecular weight is 288 g/mol. The molecular weight excluding hydrogens is 260 g/mol. The lowest BCUT2D eigenvalue weighted by Gasteiger charge is -2.21. The molecule has 2 N–H and O–H groups in total. The number of aliphatic carboxylic acids is 1. The highest BCUT2D eigenvalue weighted by atomic mass is 16.5. The van der Waals surface area contributed by atoms with Gasteiger partial charge < -0.3 is 14.9 Å². The smallest absolute Gasteiger partial charge is 0.305 e. The van der Waals surface area contributed by atoms with Crippen LogP contribution in [0.2, 0.25) is 0 Å². The average Bonchev–Trinajstić information content (AvgIpc) is 2.40. The minimum absolute atomic E-state index is 0.0118. The molecule has 0 aromatic carbocycles. The second kappa shape index (κ2) is 11.7. The minimum Gasteiger partial charge on any atom is -0.481 e. The minimum atomic E-state index is -0.979. The maximum atomic E-state index is 11.5. The van der Waals surface area contributed by atoms with E-state index in [4.69, 9.17) is 9.84 Å². The summed E-state index contributed by atoms with van der Waals surface area (Å²) in [4.78, 5) is 22.3. The molecule has 2 atom stereocenters. The van der Waals surface area contributed by atoms with Crippen LogP contribution < -0.4 is 0 Å². The largest absolute Gasteiger partial charge is 0.481 e. The van der Waals surface area contributed by atoms with E-state index in [0.717, 1.165) is 32.1 Å². The molecule has 0 radical (unpaired) electrons. The molecule has 0 aliphatic heterocycles. The Hall–Kier alpha value is -1.10. The van der Waals surface area contributed by atoms with E-state index in [9.17, 15) is 14.7 Å². The lowest BCUT2D eigenvalue weighted by Crippen LogP contribution is -2.28. The molecule has 0 saturated heterocycles. The number of rotatable bonds is 12. The van der Waals surface area contributed by atoms with Crippen molar-refractivity contribution in [1.82, 2.24) is 0 Å². The van der Waals surface area contributed by atoms with Gasteiger partial charge in [-0.2, -0.15) is 0 Å². The van der Waals surface area contributed by atoms with Crippen LogP contribution in [-0.4, -0.2) is 34.9 Å². The van der Waals surface area contributed by atoms with Gasteiger partial charge in [-0.25, -0.2) is 0 Å². The molecule has 0 aliphatic rings. The molecule has 5 heteroatoms. The van der Waals surface area contributed by atoms with Crippen molar-refractivity contribution in [2.45, 2.75) is 71.3 Å². The number of carbonyl (C=O) groups excluding carboxylic acids is 1. The van der Waals surface area contributed by atoms with Gasteiger partial charge in [0.05, 0.1) is 19.1 Å². The summed E-state index contributed by atoms with van der Waals surface area (Å²) in [6.07, 6.45) is 4.58. The molecule has 0 fully saturated rings. The van der Waals surface area contributed by atoms with Crippen LogP contribution >= 0.6 is 0 Å². The van der Waals surface area contributed by atoms with Gasteiger partial charge >= 0.3 is 11.9 Å². The van der Waals surface area contributed by atoms with Crippen LogP contribution in [0, 0.1) is 5.92 Å². The molecule has 0 heterocycles. The molecule has 0 bridgehead atoms. The van der Waals surface area contributed by atoms with E-state index < -0.39 is 18.0 Å². The number of hydrogen-bond acceptors (Lipinski definition) is 4. The summed E-state index contributed by atoms with van der Waals surface area (Å²) in [6, 6.07) is 0. The van der Waals surface area contributed by atoms with Crippen LogP contribution in [0.1, 0.15) is 65.2 Å². The molecule has 2 unspecified atom stereocenters. The fourth-order valence-corrected chi connectivity index (χ4v) is 1.97. The maximum Gasteiger partial charge on any atom is 0.305 e. The lowest BCUT2D eigenvalue weighted by atomic mass is 9.95. The quantitative estimate of drug-likeness (QED) is 0.426. The van der Waals surface area contributed by atoms with Gasteiger partial charge in [-0.1, -0.05) is 39.5 Å². The third-order valence-electron chi connectivity index (χ3n) is 3.28. The number of aliphatic hydroxyl groups excluding tert-OH is 1. The standard InChI is InChI=1S/C15H28O5/c1-3-5-7-9-15(19)20-11-12(10-14(17)18)13(16)8-6-4-2/h12-13,16H,3-11H2,1-2H3,(H,17,18). The maximum absolute atomic E-state index is 11.5. The van der Waals surface area contributed by atoms with E-state index in [2.05, 4.69) is 6.92 Å². The Morgan fingerprint density at radius 1 is 1.10 bits per heavy atom. The van der Waals surface area contributed by atoms with E-state index in [1.54, 1.807) is 0 Å². The first-order valence-electron chi connectivity index (χ1n) is 7.56. The summed E-state index contributed by atoms with van der Waals surface area (Å²) in [5.74, 6) is -1.81. The van der Waals surface area contributed by atoms with Gasteiger partial charge in [-0.3, -0.25) is 9.59 Å². The van der Waals surface area contributed by atoms with Crippen molar-refractivity contribution < 1.29 is 24.5 Å². The van der Waals surface area contributed by atoms with Crippen LogP contribution in [0.3, 0.4) is 0 Å². The first-order valence-corrected chi connectivity index (χ1v) is 7.56. The zero-order valence-corrected chi connectivity index (χ0v) is 12.6. The first kappa shape index (κ1) is 18.9. The van der Waals surface area contributed by atoms with Crippen LogP contribution in [-0.2, 0) is 14.3 Å². The fourth-order valence-electron chi connectivity index (χ4n) is 1.97. The van der Waals surface area contributed by atoms with Gasteiger partial charge in [0, 0.05) is 12.3 Å². The number of ether oxygens (including phenoxy) is 1. The molecule has 0 aromatic heterocycles. The summed E-state index contributed by atoms with van der Waals surface area (Å²) in [5, 5.41) is 18.8. The summed E-state index contributed by atoms with van der Waals surface area (Å²) in [5.41, 5.74) is 0. The Balaban J connectivity index is 4.14. The lowest BCUT2D eigenvalue weighted by molar-refractivity contribution is -0.150. The van der Waals surface area contributed by atoms with Gasteiger partial charge in [-0.15, -0.1) is 0 Å². The predicted octanol–water partition coefficient (Wildman–Crippen LogP) is 2.75. The molecule has 0 aromatic rings. The van der Waals surface area contributed by atoms with Crippen molar-refractivity contribution in [2.75, 3.05) is 6.61 Å². The summed E-state index contributed by atoms with van der Waals surface area (Å²) in [6.45, 7) is 4.05. The summed E-state index contributed by atoms with van der Waals surface area (Å²) >= 11 is 0. The molecule has 5 nitrogen and oxygen atoms in total. The van der Waals surface area contributed by atoms with E-state index in [0.29, 0.717) is 12.8 Å². The van der Waals surface area contributed by atoms with Crippen LogP contribution in [0.15, 0.2) is 0 Å². The molecular formula is C15H28O5. The topological polar surface area (TPSA) is 83.8 Å². The van der Waals surface area contributed by atoms with Crippen molar-refractivity contribution in [3.05, 3.63) is 0 Å². The number of hydrogen-bond donors (Lipinski definition) is 2. The Kier molecular flexibility index (Phi) is 11.1. The van der Waals surface area contributed by atoms with Gasteiger partial charge in [-0.05, 0) is 12.8 Å². The number of esters is 1. The number of aliphatic hydroxyl groups is 1. The van der Waals surface area contributed by atoms with Crippen molar-refractivity contribution >= 4 is 11.9 Å². The zero-order valence-electron chi connectivity index (χ0n) is 12.6. The van der Waals surface area contributed by atoms with Crippen LogP contribution in [0.4, 0.5) is 0 Å². The van der Waals surface area contributed by atoms with Crippen molar-refractivity contribution in [1.29, 1.82) is 0 Å². The van der Waals surface area contributed by atoms with Gasteiger partial charge in [0.15, 0.2) is 0 Å². The zero-order chi connectivity index (χ0) is 15.4. The van der Waals surface area contributed by atoms with E-state index in [1.807, 2.05) is 6.92 Å². The Morgan fingerprint density at radius 2 is 1.75 bits per heavy atom. The molecule has 0 spiro atoms. The van der Waals surface area contributed by atoms with Crippen molar-refractivity contribution in [3.8, 4) is 0 Å². The molecule has 0 rings (SSSR count). The summed E-state index contributed by atoms with van der Waals surface area (Å²) in [7, 11) is 0. The molecule has 118 valence electrons. The highest BCUT2D eigenvalue weighted by Crippen LogP contribution is 2.16. The van der Waals surface area contributed by atoms with Crippen LogP contribution in [0.5, 0.6) is 0 Å². The van der Waals surface area contributed by atoms with E-state index in [-0.39, 0.29) is 19.0 Å². The fraction of sp³-hybridized carbons (Fsp3) is 0.867. The van der Waals surface area contributed by atoms with Crippen molar-refractivity contribution in [3.63, 3.8) is 0 Å². The number of unbranched alkanes of at least 4 members (excludes halogenated alkanes) is 3. The second-order valence-corrected chi connectivity index (χ2v) is 5.21.